The third kappa shape index (κ3) is 1.78. The molecule has 0 aliphatic heterocycles. The normalized spacial score (nSPS) is 12.8. The monoisotopic (exact) mass is 258 g/mol. The Hall–Kier alpha value is -1.81. The molecule has 0 spiro atoms. The second-order valence-corrected chi connectivity index (χ2v) is 5.18. The highest BCUT2D eigenvalue weighted by atomic mass is 32.1. The fourth-order valence-corrected chi connectivity index (χ4v) is 2.88. The lowest BCUT2D eigenvalue weighted by molar-refractivity contribution is 0.415. The van der Waals surface area contributed by atoms with E-state index < -0.39 is 0 Å². The van der Waals surface area contributed by atoms with Crippen LogP contribution in [0.2, 0.25) is 0 Å². The third-order valence-corrected chi connectivity index (χ3v) is 4.17. The summed E-state index contributed by atoms with van der Waals surface area (Å²) in [5, 5.41) is 7.70. The van der Waals surface area contributed by atoms with Gasteiger partial charge in [0.2, 0.25) is 0 Å². The highest BCUT2D eigenvalue weighted by molar-refractivity contribution is 7.10. The van der Waals surface area contributed by atoms with E-state index in [-0.39, 0.29) is 6.04 Å². The molecule has 3 rings (SSSR count). The van der Waals surface area contributed by atoms with Gasteiger partial charge in [0.1, 0.15) is 5.75 Å². The minimum Gasteiger partial charge on any atom is -0.497 e. The molecule has 2 heterocycles. The fraction of sp³-hybridized carbons (Fsp3) is 0.214. The Labute approximate surface area is 110 Å². The molecule has 0 radical (unpaired) electrons. The zero-order valence-corrected chi connectivity index (χ0v) is 11.1. The molecular weight excluding hydrogens is 244 g/mol. The maximum atomic E-state index is 5.23. The van der Waals surface area contributed by atoms with Gasteiger partial charge in [-0.1, -0.05) is 6.07 Å². The quantitative estimate of drug-likeness (QED) is 0.716. The van der Waals surface area contributed by atoms with Crippen LogP contribution in [0, 0.1) is 0 Å². The van der Waals surface area contributed by atoms with Gasteiger partial charge in [0.05, 0.1) is 24.9 Å². The topological polar surface area (TPSA) is 27.1 Å². The Morgan fingerprint density at radius 1 is 1.33 bits per heavy atom. The summed E-state index contributed by atoms with van der Waals surface area (Å²) in [7, 11) is 1.68. The van der Waals surface area contributed by atoms with Crippen LogP contribution in [0.3, 0.4) is 0 Å². The molecule has 0 aliphatic rings. The van der Waals surface area contributed by atoms with Crippen LogP contribution >= 0.6 is 11.3 Å². The summed E-state index contributed by atoms with van der Waals surface area (Å²) in [6.45, 7) is 2.17. The minimum atomic E-state index is 0.260. The summed E-state index contributed by atoms with van der Waals surface area (Å²) in [6.07, 6.45) is 1.89. The number of ether oxygens (including phenoxy) is 1. The molecule has 0 saturated heterocycles. The summed E-state index contributed by atoms with van der Waals surface area (Å²) in [5.74, 6) is 0.867. The Bertz CT molecular complexity index is 658. The van der Waals surface area contributed by atoms with Crippen LogP contribution in [0.25, 0.3) is 10.9 Å². The van der Waals surface area contributed by atoms with Gasteiger partial charge in [0.25, 0.3) is 0 Å². The number of methoxy groups -OCH3 is 1. The molecular formula is C14H14N2OS. The highest BCUT2D eigenvalue weighted by Crippen LogP contribution is 2.27. The van der Waals surface area contributed by atoms with E-state index in [1.54, 1.807) is 18.4 Å². The van der Waals surface area contributed by atoms with Crippen LogP contribution in [0.4, 0.5) is 0 Å². The van der Waals surface area contributed by atoms with Crippen molar-refractivity contribution in [1.29, 1.82) is 0 Å². The van der Waals surface area contributed by atoms with Gasteiger partial charge in [-0.15, -0.1) is 11.3 Å². The molecule has 0 fully saturated rings. The average Bonchev–Trinajstić information content (AvgIpc) is 3.06. The summed E-state index contributed by atoms with van der Waals surface area (Å²) < 4.78 is 7.29. The lowest BCUT2D eigenvalue weighted by atomic mass is 10.2. The van der Waals surface area contributed by atoms with Gasteiger partial charge in [-0.25, -0.2) is 0 Å². The zero-order chi connectivity index (χ0) is 12.5. The number of thiophene rings is 1. The van der Waals surface area contributed by atoms with E-state index in [1.165, 1.54) is 4.88 Å². The standard InChI is InChI=1S/C14H14N2OS/c1-10(14-4-3-7-18-14)16-13-6-5-12(17-2)8-11(13)9-15-16/h3-10H,1-2H3. The van der Waals surface area contributed by atoms with E-state index in [0.717, 1.165) is 16.7 Å². The van der Waals surface area contributed by atoms with E-state index in [2.05, 4.69) is 40.3 Å². The molecule has 0 bridgehead atoms. The molecule has 92 valence electrons. The summed E-state index contributed by atoms with van der Waals surface area (Å²) >= 11 is 1.76. The first-order valence-electron chi connectivity index (χ1n) is 5.84. The van der Waals surface area contributed by atoms with Crippen LogP contribution in [0.1, 0.15) is 17.8 Å². The number of hydrogen-bond donors (Lipinski definition) is 0. The Morgan fingerprint density at radius 3 is 2.94 bits per heavy atom. The molecule has 3 nitrogen and oxygen atoms in total. The van der Waals surface area contributed by atoms with Crippen molar-refractivity contribution in [3.8, 4) is 5.75 Å². The van der Waals surface area contributed by atoms with Crippen molar-refractivity contribution in [2.45, 2.75) is 13.0 Å². The van der Waals surface area contributed by atoms with Crippen molar-refractivity contribution >= 4 is 22.2 Å². The second-order valence-electron chi connectivity index (χ2n) is 4.21. The van der Waals surface area contributed by atoms with Gasteiger partial charge in [-0.05, 0) is 36.6 Å². The lowest BCUT2D eigenvalue weighted by Crippen LogP contribution is -2.06. The van der Waals surface area contributed by atoms with Crippen molar-refractivity contribution in [3.05, 3.63) is 46.8 Å². The van der Waals surface area contributed by atoms with Gasteiger partial charge in [-0.3, -0.25) is 4.68 Å². The largest absolute Gasteiger partial charge is 0.497 e. The molecule has 1 atom stereocenters. The molecule has 3 aromatic rings. The van der Waals surface area contributed by atoms with Crippen LogP contribution < -0.4 is 4.74 Å². The number of fused-ring (bicyclic) bond motifs is 1. The minimum absolute atomic E-state index is 0.260. The molecule has 1 unspecified atom stereocenters. The van der Waals surface area contributed by atoms with E-state index in [9.17, 15) is 0 Å². The van der Waals surface area contributed by atoms with Crippen molar-refractivity contribution in [1.82, 2.24) is 9.78 Å². The Kier molecular flexibility index (Phi) is 2.80. The van der Waals surface area contributed by atoms with Gasteiger partial charge in [-0.2, -0.15) is 5.10 Å². The lowest BCUT2D eigenvalue weighted by Gasteiger charge is -2.11. The average molecular weight is 258 g/mol. The van der Waals surface area contributed by atoms with E-state index >= 15 is 0 Å². The van der Waals surface area contributed by atoms with Crippen LogP contribution in [-0.2, 0) is 0 Å². The number of nitrogens with zero attached hydrogens (tertiary/aromatic N) is 2. The third-order valence-electron chi connectivity index (χ3n) is 3.12. The van der Waals surface area contributed by atoms with Crippen molar-refractivity contribution in [3.63, 3.8) is 0 Å². The first-order valence-corrected chi connectivity index (χ1v) is 6.72. The molecule has 1 aromatic carbocycles. The number of hydrogen-bond acceptors (Lipinski definition) is 3. The van der Waals surface area contributed by atoms with Crippen molar-refractivity contribution in [2.75, 3.05) is 7.11 Å². The molecule has 2 aromatic heterocycles. The maximum Gasteiger partial charge on any atom is 0.119 e. The van der Waals surface area contributed by atoms with Crippen molar-refractivity contribution < 1.29 is 4.74 Å². The first kappa shape index (κ1) is 11.3. The smallest absolute Gasteiger partial charge is 0.119 e. The maximum absolute atomic E-state index is 5.23. The second kappa shape index (κ2) is 4.46. The number of rotatable bonds is 3. The van der Waals surface area contributed by atoms with E-state index in [4.69, 9.17) is 4.74 Å². The van der Waals surface area contributed by atoms with E-state index in [0.29, 0.717) is 0 Å². The van der Waals surface area contributed by atoms with Gasteiger partial charge < -0.3 is 4.74 Å². The van der Waals surface area contributed by atoms with Gasteiger partial charge in [0.15, 0.2) is 0 Å². The Morgan fingerprint density at radius 2 is 2.22 bits per heavy atom. The number of aromatic nitrogens is 2. The summed E-state index contributed by atoms with van der Waals surface area (Å²) in [5.41, 5.74) is 1.14. The highest BCUT2D eigenvalue weighted by Gasteiger charge is 2.13. The van der Waals surface area contributed by atoms with Gasteiger partial charge >= 0.3 is 0 Å². The van der Waals surface area contributed by atoms with E-state index in [1.807, 2.05) is 18.3 Å². The van der Waals surface area contributed by atoms with Crippen LogP contribution in [-0.4, -0.2) is 16.9 Å². The fourth-order valence-electron chi connectivity index (χ4n) is 2.12. The SMILES string of the molecule is COc1ccc2c(cnn2C(C)c2cccs2)c1. The first-order chi connectivity index (χ1) is 8.79. The van der Waals surface area contributed by atoms with Crippen LogP contribution in [0.15, 0.2) is 41.9 Å². The van der Waals surface area contributed by atoms with Gasteiger partial charge in [0, 0.05) is 10.3 Å². The summed E-state index contributed by atoms with van der Waals surface area (Å²) in [6, 6.07) is 10.5. The van der Waals surface area contributed by atoms with Crippen LogP contribution in [0.5, 0.6) is 5.75 Å². The Balaban J connectivity index is 2.08. The molecule has 0 amide bonds. The van der Waals surface area contributed by atoms with Crippen molar-refractivity contribution in [2.24, 2.45) is 0 Å². The summed E-state index contributed by atoms with van der Waals surface area (Å²) in [4.78, 5) is 1.32. The molecule has 18 heavy (non-hydrogen) atoms. The molecule has 0 N–H and O–H groups in total. The molecule has 4 heteroatoms. The predicted octanol–water partition coefficient (Wildman–Crippen LogP) is 3.72. The predicted molar refractivity (Wildman–Crippen MR) is 74.4 cm³/mol. The molecule has 0 aliphatic carbocycles. The number of benzene rings is 1. The zero-order valence-electron chi connectivity index (χ0n) is 10.3. The molecule has 0 saturated carbocycles.